The average Bonchev–Trinajstić information content (AvgIpc) is 3.38. The van der Waals surface area contributed by atoms with Crippen molar-refractivity contribution < 1.29 is 18.5 Å². The standard InChI is InChI=1S/C23H22FN5O3S/c1-28(2)21(30)11-32-16-4-3-14-6-8-29(19(14)10-16)23-17-12-33(31)13-18(17)26-22(27-23)15-5-7-25-20(24)9-15/h3-5,7,9-10H,6,8,11-13H2,1-2H3. The Morgan fingerprint density at radius 3 is 2.88 bits per heavy atom. The normalized spacial score (nSPS) is 16.5. The van der Waals surface area contributed by atoms with Crippen molar-refractivity contribution in [3.63, 3.8) is 0 Å². The monoisotopic (exact) mass is 467 g/mol. The van der Waals surface area contributed by atoms with Crippen molar-refractivity contribution in [1.82, 2.24) is 19.9 Å². The first kappa shape index (κ1) is 21.6. The van der Waals surface area contributed by atoms with E-state index in [1.807, 2.05) is 18.2 Å². The second-order valence-corrected chi connectivity index (χ2v) is 9.62. The van der Waals surface area contributed by atoms with Crippen LogP contribution in [0.5, 0.6) is 5.75 Å². The molecule has 1 aromatic carbocycles. The summed E-state index contributed by atoms with van der Waals surface area (Å²) in [7, 11) is 3.37. The fraction of sp³-hybridized carbons (Fsp3) is 0.304. The Morgan fingerprint density at radius 1 is 1.24 bits per heavy atom. The van der Waals surface area contributed by atoms with Crippen LogP contribution >= 0.6 is 0 Å². The van der Waals surface area contributed by atoms with E-state index in [0.29, 0.717) is 41.0 Å². The highest BCUT2D eigenvalue weighted by molar-refractivity contribution is 7.90. The van der Waals surface area contributed by atoms with Gasteiger partial charge in [-0.25, -0.2) is 15.0 Å². The summed E-state index contributed by atoms with van der Waals surface area (Å²) in [5.74, 6) is 1.64. The van der Waals surface area contributed by atoms with E-state index < -0.39 is 17.1 Å². The van der Waals surface area contributed by atoms with Gasteiger partial charge in [-0.2, -0.15) is 4.39 Å². The SMILES string of the molecule is CN(C)C(=O)COc1ccc2c(c1)N(c1nc(-c3ccnc(F)c3)nc3c1C[S+]([O-])C3)CC2. The Balaban J connectivity index is 1.53. The molecule has 3 aromatic rings. The second kappa shape index (κ2) is 8.60. The number of ether oxygens (including phenoxy) is 1. The average molecular weight is 468 g/mol. The van der Waals surface area contributed by atoms with Gasteiger partial charge in [0.1, 0.15) is 28.8 Å². The van der Waals surface area contributed by atoms with Crippen molar-refractivity contribution >= 4 is 28.6 Å². The van der Waals surface area contributed by atoms with Crippen LogP contribution in [0.15, 0.2) is 36.5 Å². The zero-order valence-electron chi connectivity index (χ0n) is 18.2. The Kier molecular flexibility index (Phi) is 5.63. The maximum Gasteiger partial charge on any atom is 0.259 e. The largest absolute Gasteiger partial charge is 0.616 e. The molecule has 1 amide bonds. The first-order chi connectivity index (χ1) is 15.9. The van der Waals surface area contributed by atoms with Gasteiger partial charge in [0.2, 0.25) is 5.95 Å². The molecule has 0 N–H and O–H groups in total. The zero-order valence-corrected chi connectivity index (χ0v) is 19.1. The van der Waals surface area contributed by atoms with Crippen molar-refractivity contribution in [2.45, 2.75) is 17.9 Å². The second-order valence-electron chi connectivity index (χ2n) is 8.16. The summed E-state index contributed by atoms with van der Waals surface area (Å²) in [5.41, 5.74) is 4.15. The van der Waals surface area contributed by atoms with Crippen LogP contribution in [-0.2, 0) is 33.9 Å². The number of likely N-dealkylation sites (N-methyl/N-ethyl adjacent to an activating group) is 1. The van der Waals surface area contributed by atoms with Gasteiger partial charge in [0.15, 0.2) is 12.4 Å². The fourth-order valence-corrected chi connectivity index (χ4v) is 5.25. The van der Waals surface area contributed by atoms with Crippen LogP contribution in [0.3, 0.4) is 0 Å². The maximum atomic E-state index is 13.7. The van der Waals surface area contributed by atoms with Crippen molar-refractivity contribution in [3.05, 3.63) is 59.3 Å². The lowest BCUT2D eigenvalue weighted by Gasteiger charge is -2.22. The van der Waals surface area contributed by atoms with E-state index in [0.717, 1.165) is 28.9 Å². The molecule has 5 rings (SSSR count). The Bertz CT molecular complexity index is 1240. The van der Waals surface area contributed by atoms with Crippen molar-refractivity contribution in [2.75, 3.05) is 32.1 Å². The van der Waals surface area contributed by atoms with Crippen molar-refractivity contribution in [1.29, 1.82) is 0 Å². The molecule has 33 heavy (non-hydrogen) atoms. The van der Waals surface area contributed by atoms with E-state index in [9.17, 15) is 13.7 Å². The summed E-state index contributed by atoms with van der Waals surface area (Å²) >= 11 is -1.06. The van der Waals surface area contributed by atoms with Crippen LogP contribution in [0, 0.1) is 5.95 Å². The molecule has 4 heterocycles. The molecule has 0 saturated heterocycles. The molecule has 0 aliphatic carbocycles. The van der Waals surface area contributed by atoms with Crippen molar-refractivity contribution in [3.8, 4) is 17.1 Å². The van der Waals surface area contributed by atoms with E-state index in [1.54, 1.807) is 20.2 Å². The number of fused-ring (bicyclic) bond motifs is 2. The number of carbonyl (C=O) groups is 1. The number of hydrogen-bond donors (Lipinski definition) is 0. The third kappa shape index (κ3) is 4.23. The van der Waals surface area contributed by atoms with Gasteiger partial charge in [-0.3, -0.25) is 4.79 Å². The number of aromatic nitrogens is 3. The molecule has 0 fully saturated rings. The number of carbonyl (C=O) groups excluding carboxylic acids is 1. The van der Waals surface area contributed by atoms with Crippen molar-refractivity contribution in [2.24, 2.45) is 0 Å². The molecule has 8 nitrogen and oxygen atoms in total. The molecule has 170 valence electrons. The van der Waals surface area contributed by atoms with Crippen LogP contribution in [0.2, 0.25) is 0 Å². The molecule has 0 radical (unpaired) electrons. The molecule has 2 aliphatic heterocycles. The van der Waals surface area contributed by atoms with E-state index in [-0.39, 0.29) is 12.5 Å². The van der Waals surface area contributed by atoms with E-state index >= 15 is 0 Å². The van der Waals surface area contributed by atoms with Gasteiger partial charge >= 0.3 is 0 Å². The summed E-state index contributed by atoms with van der Waals surface area (Å²) in [4.78, 5) is 28.4. The van der Waals surface area contributed by atoms with Crippen LogP contribution < -0.4 is 9.64 Å². The third-order valence-electron chi connectivity index (χ3n) is 5.73. The van der Waals surface area contributed by atoms with Gasteiger partial charge in [-0.05, 0) is 35.3 Å². The van der Waals surface area contributed by atoms with Crippen LogP contribution in [0.4, 0.5) is 15.9 Å². The quantitative estimate of drug-likeness (QED) is 0.421. The predicted molar refractivity (Wildman–Crippen MR) is 122 cm³/mol. The predicted octanol–water partition coefficient (Wildman–Crippen LogP) is 2.60. The molecular weight excluding hydrogens is 445 g/mol. The van der Waals surface area contributed by atoms with E-state index in [4.69, 9.17) is 9.72 Å². The number of anilines is 2. The van der Waals surface area contributed by atoms with Gasteiger partial charge in [0, 0.05) is 50.2 Å². The first-order valence-electron chi connectivity index (χ1n) is 10.5. The number of benzene rings is 1. The highest BCUT2D eigenvalue weighted by atomic mass is 32.2. The number of nitrogens with zero attached hydrogens (tertiary/aromatic N) is 5. The summed E-state index contributed by atoms with van der Waals surface area (Å²) in [6.45, 7) is 0.640. The number of hydrogen-bond acceptors (Lipinski definition) is 7. The fourth-order valence-electron chi connectivity index (χ4n) is 3.99. The minimum absolute atomic E-state index is 0.0502. The lowest BCUT2D eigenvalue weighted by molar-refractivity contribution is -0.130. The maximum absolute atomic E-state index is 13.7. The summed E-state index contributed by atoms with van der Waals surface area (Å²) in [6, 6.07) is 8.70. The zero-order chi connectivity index (χ0) is 23.1. The third-order valence-corrected chi connectivity index (χ3v) is 6.93. The summed E-state index contributed by atoms with van der Waals surface area (Å²) in [6.07, 6.45) is 2.19. The molecule has 0 bridgehead atoms. The first-order valence-corrected chi connectivity index (χ1v) is 12.0. The van der Waals surface area contributed by atoms with Crippen LogP contribution in [-0.4, -0.2) is 57.6 Å². The number of rotatable bonds is 5. The van der Waals surface area contributed by atoms with Gasteiger partial charge < -0.3 is 19.1 Å². The highest BCUT2D eigenvalue weighted by Gasteiger charge is 2.33. The summed E-state index contributed by atoms with van der Waals surface area (Å²) < 4.78 is 31.8. The minimum atomic E-state index is -1.06. The number of pyridine rings is 1. The summed E-state index contributed by atoms with van der Waals surface area (Å²) in [5, 5.41) is 0. The molecule has 1 atom stereocenters. The van der Waals surface area contributed by atoms with Crippen LogP contribution in [0.25, 0.3) is 11.4 Å². The Labute approximate surface area is 193 Å². The van der Waals surface area contributed by atoms with Gasteiger partial charge in [0.25, 0.3) is 5.91 Å². The topological polar surface area (TPSA) is 94.5 Å². The Morgan fingerprint density at radius 2 is 2.09 bits per heavy atom. The lowest BCUT2D eigenvalue weighted by Crippen LogP contribution is -2.27. The molecule has 0 saturated carbocycles. The number of amides is 1. The highest BCUT2D eigenvalue weighted by Crippen LogP contribution is 2.41. The lowest BCUT2D eigenvalue weighted by atomic mass is 10.1. The Hall–Kier alpha value is -3.24. The van der Waals surface area contributed by atoms with E-state index in [2.05, 4.69) is 14.9 Å². The van der Waals surface area contributed by atoms with E-state index in [1.165, 1.54) is 17.2 Å². The molecule has 2 aromatic heterocycles. The molecule has 0 spiro atoms. The van der Waals surface area contributed by atoms with Crippen LogP contribution in [0.1, 0.15) is 16.8 Å². The van der Waals surface area contributed by atoms with Gasteiger partial charge in [-0.1, -0.05) is 6.07 Å². The molecule has 2 aliphatic rings. The minimum Gasteiger partial charge on any atom is -0.616 e. The smallest absolute Gasteiger partial charge is 0.259 e. The van der Waals surface area contributed by atoms with Gasteiger partial charge in [-0.15, -0.1) is 0 Å². The van der Waals surface area contributed by atoms with Gasteiger partial charge in [0.05, 0.1) is 5.56 Å². The molecular formula is C23H22FN5O3S. The molecule has 10 heteroatoms. The number of halogens is 1. The molecule has 1 unspecified atom stereocenters.